The maximum absolute atomic E-state index is 13.7. The lowest BCUT2D eigenvalue weighted by Gasteiger charge is -2.12. The van der Waals surface area contributed by atoms with Gasteiger partial charge in [0.1, 0.15) is 11.5 Å². The van der Waals surface area contributed by atoms with Crippen LogP contribution in [0.1, 0.15) is 6.92 Å². The maximum atomic E-state index is 13.7. The van der Waals surface area contributed by atoms with Gasteiger partial charge in [-0.1, -0.05) is 11.6 Å². The van der Waals surface area contributed by atoms with Crippen molar-refractivity contribution in [2.75, 3.05) is 7.11 Å². The van der Waals surface area contributed by atoms with Gasteiger partial charge in [-0.15, -0.1) is 0 Å². The zero-order valence-electron chi connectivity index (χ0n) is 11.9. The quantitative estimate of drug-likeness (QED) is 0.786. The molecule has 0 spiro atoms. The molecule has 0 bridgehead atoms. The number of pyridine rings is 1. The van der Waals surface area contributed by atoms with E-state index in [2.05, 4.69) is 9.72 Å². The van der Waals surface area contributed by atoms with Crippen molar-refractivity contribution >= 4 is 17.6 Å². The molecule has 1 heterocycles. The highest BCUT2D eigenvalue weighted by molar-refractivity contribution is 6.30. The van der Waals surface area contributed by atoms with E-state index in [1.165, 1.54) is 19.4 Å². The van der Waals surface area contributed by atoms with Gasteiger partial charge in [0.2, 0.25) is 5.82 Å². The minimum Gasteiger partial charge on any atom is -0.479 e. The van der Waals surface area contributed by atoms with E-state index >= 15 is 0 Å². The second-order valence-corrected chi connectivity index (χ2v) is 4.68. The summed E-state index contributed by atoms with van der Waals surface area (Å²) in [5.74, 6) is -0.630. The van der Waals surface area contributed by atoms with E-state index in [9.17, 15) is 9.18 Å². The Morgan fingerprint density at radius 3 is 2.50 bits per heavy atom. The Balaban J connectivity index is 2.06. The van der Waals surface area contributed by atoms with E-state index in [0.29, 0.717) is 11.5 Å². The summed E-state index contributed by atoms with van der Waals surface area (Å²) in [5.41, 5.74) is 0. The molecule has 0 N–H and O–H groups in total. The van der Waals surface area contributed by atoms with Crippen molar-refractivity contribution in [2.24, 2.45) is 0 Å². The van der Waals surface area contributed by atoms with Crippen molar-refractivity contribution in [3.63, 3.8) is 0 Å². The van der Waals surface area contributed by atoms with Crippen LogP contribution in [0.4, 0.5) is 4.39 Å². The van der Waals surface area contributed by atoms with Gasteiger partial charge in [-0.3, -0.25) is 0 Å². The van der Waals surface area contributed by atoms with Gasteiger partial charge in [0, 0.05) is 6.20 Å². The molecule has 2 aromatic rings. The summed E-state index contributed by atoms with van der Waals surface area (Å²) in [6.07, 6.45) is 0.611. The fourth-order valence-electron chi connectivity index (χ4n) is 1.59. The molecule has 116 valence electrons. The zero-order chi connectivity index (χ0) is 16.1. The molecule has 1 aromatic carbocycles. The van der Waals surface area contributed by atoms with Crippen LogP contribution >= 0.6 is 11.6 Å². The summed E-state index contributed by atoms with van der Waals surface area (Å²) < 4.78 is 28.9. The van der Waals surface area contributed by atoms with Gasteiger partial charge >= 0.3 is 5.97 Å². The number of benzene rings is 1. The number of carbonyl (C=O) groups excluding carboxylic acids is 1. The predicted octanol–water partition coefficient (Wildman–Crippen LogP) is 3.61. The Bertz CT molecular complexity index is 663. The predicted molar refractivity (Wildman–Crippen MR) is 77.8 cm³/mol. The van der Waals surface area contributed by atoms with Crippen LogP contribution in [0, 0.1) is 5.82 Å². The number of nitrogens with zero attached hydrogens (tertiary/aromatic N) is 1. The van der Waals surface area contributed by atoms with Gasteiger partial charge in [0.05, 0.1) is 12.1 Å². The Labute approximate surface area is 131 Å². The lowest BCUT2D eigenvalue weighted by molar-refractivity contribution is -0.147. The van der Waals surface area contributed by atoms with Crippen molar-refractivity contribution in [1.29, 1.82) is 0 Å². The van der Waals surface area contributed by atoms with E-state index in [0.717, 1.165) is 0 Å². The van der Waals surface area contributed by atoms with E-state index in [1.807, 2.05) is 0 Å². The molecule has 0 aliphatic rings. The Morgan fingerprint density at radius 2 is 1.86 bits per heavy atom. The lowest BCUT2D eigenvalue weighted by Crippen LogP contribution is -2.24. The molecule has 0 saturated heterocycles. The largest absolute Gasteiger partial charge is 0.479 e. The summed E-state index contributed by atoms with van der Waals surface area (Å²) in [5, 5.41) is -0.0724. The number of hydrogen-bond acceptors (Lipinski definition) is 5. The molecule has 22 heavy (non-hydrogen) atoms. The van der Waals surface area contributed by atoms with Crippen LogP contribution in [0.3, 0.4) is 0 Å². The molecule has 0 aliphatic heterocycles. The number of ether oxygens (including phenoxy) is 3. The first-order chi connectivity index (χ1) is 10.5. The first kappa shape index (κ1) is 16.0. The highest BCUT2D eigenvalue weighted by atomic mass is 35.5. The number of methoxy groups -OCH3 is 1. The number of halogens is 2. The summed E-state index contributed by atoms with van der Waals surface area (Å²) >= 11 is 5.65. The van der Waals surface area contributed by atoms with Crippen LogP contribution in [0.5, 0.6) is 17.4 Å². The van der Waals surface area contributed by atoms with Crippen LogP contribution in [0.25, 0.3) is 0 Å². The molecule has 1 atom stereocenters. The molecule has 7 heteroatoms. The molecule has 0 saturated carbocycles. The molecule has 0 amide bonds. The smallest absolute Gasteiger partial charge is 0.346 e. The third-order valence-electron chi connectivity index (χ3n) is 2.69. The molecule has 1 aromatic heterocycles. The highest BCUT2D eigenvalue weighted by Crippen LogP contribution is 2.27. The van der Waals surface area contributed by atoms with Crippen LogP contribution < -0.4 is 9.47 Å². The minimum absolute atomic E-state index is 0.0724. The second-order valence-electron chi connectivity index (χ2n) is 4.27. The fraction of sp³-hybridized carbons (Fsp3) is 0.200. The van der Waals surface area contributed by atoms with Crippen molar-refractivity contribution in [3.05, 3.63) is 47.4 Å². The molecular formula is C15H13ClFNO4. The van der Waals surface area contributed by atoms with Crippen LogP contribution in [0.15, 0.2) is 36.5 Å². The summed E-state index contributed by atoms with van der Waals surface area (Å²) in [6, 6.07) is 7.60. The first-order valence-electron chi connectivity index (χ1n) is 6.33. The number of esters is 1. The van der Waals surface area contributed by atoms with Crippen molar-refractivity contribution in [3.8, 4) is 17.4 Å². The zero-order valence-corrected chi connectivity index (χ0v) is 12.6. The molecule has 0 aliphatic carbocycles. The average Bonchev–Trinajstić information content (AvgIpc) is 2.52. The lowest BCUT2D eigenvalue weighted by atomic mass is 10.3. The van der Waals surface area contributed by atoms with E-state index in [-0.39, 0.29) is 10.9 Å². The van der Waals surface area contributed by atoms with Crippen LogP contribution in [-0.4, -0.2) is 24.2 Å². The van der Waals surface area contributed by atoms with Crippen LogP contribution in [0.2, 0.25) is 5.02 Å². The molecule has 0 radical (unpaired) electrons. The SMILES string of the molecule is COC(=O)C(C)Oc1ccc(Oc2nccc(Cl)c2F)cc1. The molecule has 1 unspecified atom stereocenters. The number of carbonyl (C=O) groups is 1. The van der Waals surface area contributed by atoms with Crippen molar-refractivity contribution < 1.29 is 23.4 Å². The highest BCUT2D eigenvalue weighted by Gasteiger charge is 2.15. The fourth-order valence-corrected chi connectivity index (χ4v) is 1.73. The van der Waals surface area contributed by atoms with Gasteiger partial charge in [0.15, 0.2) is 6.10 Å². The normalized spacial score (nSPS) is 11.6. The van der Waals surface area contributed by atoms with Gasteiger partial charge in [-0.05, 0) is 37.3 Å². The first-order valence-corrected chi connectivity index (χ1v) is 6.71. The molecule has 0 fully saturated rings. The van der Waals surface area contributed by atoms with E-state index in [1.54, 1.807) is 31.2 Å². The number of hydrogen-bond donors (Lipinski definition) is 0. The Kier molecular flexibility index (Phi) is 5.16. The van der Waals surface area contributed by atoms with Crippen molar-refractivity contribution in [1.82, 2.24) is 4.98 Å². The monoisotopic (exact) mass is 325 g/mol. The second kappa shape index (κ2) is 7.09. The minimum atomic E-state index is -0.733. The van der Waals surface area contributed by atoms with Gasteiger partial charge in [0.25, 0.3) is 5.88 Å². The van der Waals surface area contributed by atoms with E-state index in [4.69, 9.17) is 21.1 Å². The van der Waals surface area contributed by atoms with E-state index < -0.39 is 17.9 Å². The maximum Gasteiger partial charge on any atom is 0.346 e. The topological polar surface area (TPSA) is 57.7 Å². The standard InChI is InChI=1S/C15H13ClFNO4/c1-9(15(19)20-2)21-10-3-5-11(6-4-10)22-14-13(17)12(16)7-8-18-14/h3-9H,1-2H3. The summed E-state index contributed by atoms with van der Waals surface area (Å²) in [7, 11) is 1.28. The number of aromatic nitrogens is 1. The van der Waals surface area contributed by atoms with Gasteiger partial charge in [-0.2, -0.15) is 4.39 Å². The van der Waals surface area contributed by atoms with Crippen LogP contribution in [-0.2, 0) is 9.53 Å². The third kappa shape index (κ3) is 3.85. The Hall–Kier alpha value is -2.34. The third-order valence-corrected chi connectivity index (χ3v) is 2.99. The van der Waals surface area contributed by atoms with Gasteiger partial charge < -0.3 is 14.2 Å². The molecule has 2 rings (SSSR count). The summed E-state index contributed by atoms with van der Waals surface area (Å²) in [4.78, 5) is 15.0. The number of rotatable bonds is 5. The summed E-state index contributed by atoms with van der Waals surface area (Å²) in [6.45, 7) is 1.57. The molecule has 5 nitrogen and oxygen atoms in total. The average molecular weight is 326 g/mol. The van der Waals surface area contributed by atoms with Gasteiger partial charge in [-0.25, -0.2) is 9.78 Å². The molecular weight excluding hydrogens is 313 g/mol. The van der Waals surface area contributed by atoms with Crippen molar-refractivity contribution in [2.45, 2.75) is 13.0 Å². The Morgan fingerprint density at radius 1 is 1.23 bits per heavy atom.